The molecule has 1 aromatic carbocycles. The third-order valence-corrected chi connectivity index (χ3v) is 3.55. The van der Waals surface area contributed by atoms with Crippen LogP contribution < -0.4 is 0 Å². The molecule has 0 radical (unpaired) electrons. The van der Waals surface area contributed by atoms with Crippen molar-refractivity contribution in [3.05, 3.63) is 32.8 Å². The Morgan fingerprint density at radius 1 is 1.31 bits per heavy atom. The summed E-state index contributed by atoms with van der Waals surface area (Å²) in [6, 6.07) is 2.04. The van der Waals surface area contributed by atoms with Crippen molar-refractivity contribution in [2.75, 3.05) is 0 Å². The number of carbonyl (C=O) groups is 1. The summed E-state index contributed by atoms with van der Waals surface area (Å²) in [5, 5.41) is 0. The summed E-state index contributed by atoms with van der Waals surface area (Å²) < 4.78 is 1.12. The third kappa shape index (κ3) is 1.24. The lowest BCUT2D eigenvalue weighted by atomic mass is 10.00. The molecule has 0 heterocycles. The van der Waals surface area contributed by atoms with Crippen LogP contribution in [0.5, 0.6) is 0 Å². The Hall–Kier alpha value is -0.630. The van der Waals surface area contributed by atoms with E-state index in [0.29, 0.717) is 12.2 Å². The van der Waals surface area contributed by atoms with Crippen LogP contribution in [0, 0.1) is 13.8 Å². The third-order valence-electron chi connectivity index (χ3n) is 2.73. The average Bonchev–Trinajstić information content (AvgIpc) is 2.44. The van der Waals surface area contributed by atoms with Crippen LogP contribution in [0.1, 0.15) is 33.5 Å². The van der Waals surface area contributed by atoms with E-state index in [1.807, 2.05) is 13.0 Å². The number of benzene rings is 1. The van der Waals surface area contributed by atoms with Crippen LogP contribution in [-0.2, 0) is 6.42 Å². The molecule has 2 rings (SSSR count). The Kier molecular flexibility index (Phi) is 2.03. The molecule has 0 spiro atoms. The van der Waals surface area contributed by atoms with Crippen LogP contribution in [0.15, 0.2) is 10.5 Å². The van der Waals surface area contributed by atoms with Gasteiger partial charge in [0.05, 0.1) is 0 Å². The number of ketones is 1. The molecule has 0 unspecified atom stereocenters. The van der Waals surface area contributed by atoms with Crippen molar-refractivity contribution in [2.24, 2.45) is 0 Å². The summed E-state index contributed by atoms with van der Waals surface area (Å²) >= 11 is 3.51. The molecule has 13 heavy (non-hydrogen) atoms. The van der Waals surface area contributed by atoms with Gasteiger partial charge in [-0.1, -0.05) is 15.9 Å². The molecule has 68 valence electrons. The average molecular weight is 239 g/mol. The van der Waals surface area contributed by atoms with Gasteiger partial charge in [-0.15, -0.1) is 0 Å². The summed E-state index contributed by atoms with van der Waals surface area (Å²) in [6.07, 6.45) is 1.60. The van der Waals surface area contributed by atoms with Gasteiger partial charge in [-0.2, -0.15) is 0 Å². The number of rotatable bonds is 0. The van der Waals surface area contributed by atoms with Crippen molar-refractivity contribution in [3.8, 4) is 0 Å². The van der Waals surface area contributed by atoms with E-state index >= 15 is 0 Å². The molecule has 0 aliphatic heterocycles. The minimum Gasteiger partial charge on any atom is -0.294 e. The molecule has 0 fully saturated rings. The second kappa shape index (κ2) is 2.95. The first-order valence-corrected chi connectivity index (χ1v) is 5.22. The lowest BCUT2D eigenvalue weighted by Gasteiger charge is -2.08. The molecule has 1 nitrogen and oxygen atoms in total. The predicted molar refractivity (Wildman–Crippen MR) is 56.3 cm³/mol. The van der Waals surface area contributed by atoms with Crippen molar-refractivity contribution >= 4 is 21.7 Å². The van der Waals surface area contributed by atoms with Gasteiger partial charge in [0, 0.05) is 16.5 Å². The number of carbonyl (C=O) groups excluding carboxylic acids is 1. The van der Waals surface area contributed by atoms with E-state index in [1.165, 1.54) is 11.1 Å². The number of halogens is 1. The quantitative estimate of drug-likeness (QED) is 0.679. The highest BCUT2D eigenvalue weighted by atomic mass is 79.9. The zero-order valence-electron chi connectivity index (χ0n) is 7.78. The Balaban J connectivity index is 2.76. The molecule has 0 amide bonds. The lowest BCUT2D eigenvalue weighted by molar-refractivity contribution is 0.0994. The summed E-state index contributed by atoms with van der Waals surface area (Å²) in [4.78, 5) is 11.5. The van der Waals surface area contributed by atoms with Crippen molar-refractivity contribution in [1.82, 2.24) is 0 Å². The molecule has 0 atom stereocenters. The molecule has 0 saturated carbocycles. The van der Waals surface area contributed by atoms with Crippen LogP contribution >= 0.6 is 15.9 Å². The van der Waals surface area contributed by atoms with Crippen LogP contribution in [0.2, 0.25) is 0 Å². The Labute approximate surface area is 86.3 Å². The van der Waals surface area contributed by atoms with Gasteiger partial charge in [0.15, 0.2) is 5.78 Å². The standard InChI is InChI=1S/C11H11BrO/c1-6-5-9(12)7(2)8-3-4-10(13)11(6)8/h5H,3-4H2,1-2H3. The normalized spacial score (nSPS) is 14.8. The Morgan fingerprint density at radius 3 is 2.69 bits per heavy atom. The van der Waals surface area contributed by atoms with Gasteiger partial charge in [0.1, 0.15) is 0 Å². The fourth-order valence-electron chi connectivity index (χ4n) is 2.00. The van der Waals surface area contributed by atoms with Crippen molar-refractivity contribution in [1.29, 1.82) is 0 Å². The first kappa shape index (κ1) is 8.95. The maximum absolute atomic E-state index is 11.5. The highest BCUT2D eigenvalue weighted by Crippen LogP contribution is 2.32. The van der Waals surface area contributed by atoms with Gasteiger partial charge in [-0.05, 0) is 43.0 Å². The molecular formula is C11H11BrO. The second-order valence-electron chi connectivity index (χ2n) is 3.58. The van der Waals surface area contributed by atoms with Gasteiger partial charge in [-0.3, -0.25) is 4.79 Å². The first-order valence-electron chi connectivity index (χ1n) is 4.43. The van der Waals surface area contributed by atoms with Crippen LogP contribution in [0.25, 0.3) is 0 Å². The van der Waals surface area contributed by atoms with Crippen molar-refractivity contribution < 1.29 is 4.79 Å². The number of hydrogen-bond donors (Lipinski definition) is 0. The largest absolute Gasteiger partial charge is 0.294 e. The zero-order valence-corrected chi connectivity index (χ0v) is 9.36. The lowest BCUT2D eigenvalue weighted by Crippen LogP contribution is -1.97. The van der Waals surface area contributed by atoms with Crippen LogP contribution in [0.4, 0.5) is 0 Å². The first-order chi connectivity index (χ1) is 6.11. The molecule has 1 aliphatic rings. The molecule has 0 aromatic heterocycles. The fourth-order valence-corrected chi connectivity index (χ4v) is 2.59. The molecule has 0 saturated heterocycles. The van der Waals surface area contributed by atoms with E-state index in [2.05, 4.69) is 22.9 Å². The molecule has 2 heteroatoms. The zero-order chi connectivity index (χ0) is 9.59. The van der Waals surface area contributed by atoms with Crippen molar-refractivity contribution in [2.45, 2.75) is 26.7 Å². The second-order valence-corrected chi connectivity index (χ2v) is 4.43. The van der Waals surface area contributed by atoms with Crippen molar-refractivity contribution in [3.63, 3.8) is 0 Å². The van der Waals surface area contributed by atoms with E-state index in [9.17, 15) is 4.79 Å². The van der Waals surface area contributed by atoms with Crippen LogP contribution in [-0.4, -0.2) is 5.78 Å². The molecule has 0 N–H and O–H groups in total. The summed E-state index contributed by atoms with van der Waals surface area (Å²) in [7, 11) is 0. The van der Waals surface area contributed by atoms with Gasteiger partial charge >= 0.3 is 0 Å². The number of Topliss-reactive ketones (excluding diaryl/α,β-unsaturated/α-hetero) is 1. The Bertz CT molecular complexity index is 394. The van der Waals surface area contributed by atoms with Gasteiger partial charge < -0.3 is 0 Å². The highest BCUT2D eigenvalue weighted by Gasteiger charge is 2.23. The Morgan fingerprint density at radius 2 is 2.00 bits per heavy atom. The predicted octanol–water partition coefficient (Wildman–Crippen LogP) is 3.19. The highest BCUT2D eigenvalue weighted by molar-refractivity contribution is 9.10. The van der Waals surface area contributed by atoms with Crippen LogP contribution in [0.3, 0.4) is 0 Å². The molecular weight excluding hydrogens is 228 g/mol. The van der Waals surface area contributed by atoms with E-state index in [-0.39, 0.29) is 0 Å². The van der Waals surface area contributed by atoms with E-state index in [1.54, 1.807) is 0 Å². The molecule has 1 aromatic rings. The van der Waals surface area contributed by atoms with E-state index in [0.717, 1.165) is 22.0 Å². The monoisotopic (exact) mass is 238 g/mol. The number of aryl methyl sites for hydroxylation is 1. The number of hydrogen-bond acceptors (Lipinski definition) is 1. The van der Waals surface area contributed by atoms with E-state index in [4.69, 9.17) is 0 Å². The summed E-state index contributed by atoms with van der Waals surface area (Å²) in [5.74, 6) is 0.308. The van der Waals surface area contributed by atoms with Gasteiger partial charge in [-0.25, -0.2) is 0 Å². The SMILES string of the molecule is Cc1cc(Br)c(C)c2c1C(=O)CC2. The topological polar surface area (TPSA) is 17.1 Å². The van der Waals surface area contributed by atoms with E-state index < -0.39 is 0 Å². The fraction of sp³-hybridized carbons (Fsp3) is 0.364. The minimum absolute atomic E-state index is 0.308. The minimum atomic E-state index is 0.308. The van der Waals surface area contributed by atoms with Gasteiger partial charge in [0.25, 0.3) is 0 Å². The maximum Gasteiger partial charge on any atom is 0.163 e. The summed E-state index contributed by atoms with van der Waals surface area (Å²) in [5.41, 5.74) is 4.55. The number of fused-ring (bicyclic) bond motifs is 1. The summed E-state index contributed by atoms with van der Waals surface area (Å²) in [6.45, 7) is 4.08. The molecule has 0 bridgehead atoms. The smallest absolute Gasteiger partial charge is 0.163 e. The van der Waals surface area contributed by atoms with Gasteiger partial charge in [0.2, 0.25) is 0 Å². The molecule has 1 aliphatic carbocycles. The maximum atomic E-state index is 11.5.